The van der Waals surface area contributed by atoms with Gasteiger partial charge in [-0.1, -0.05) is 47.0 Å². The Labute approximate surface area is 99.0 Å². The van der Waals surface area contributed by atoms with Crippen molar-refractivity contribution < 1.29 is 9.53 Å². The smallest absolute Gasteiger partial charge is 0.345 e. The van der Waals surface area contributed by atoms with E-state index < -0.39 is 0 Å². The van der Waals surface area contributed by atoms with E-state index >= 15 is 0 Å². The summed E-state index contributed by atoms with van der Waals surface area (Å²) in [6.45, 7) is 0. The van der Waals surface area contributed by atoms with Gasteiger partial charge in [0.15, 0.2) is 0 Å². The minimum Gasteiger partial charge on any atom is -0.465 e. The minimum atomic E-state index is -0.251. The van der Waals surface area contributed by atoms with Crippen LogP contribution in [0.3, 0.4) is 0 Å². The third-order valence-electron chi connectivity index (χ3n) is 1.43. The molecule has 2 aliphatic rings. The molecule has 0 saturated heterocycles. The van der Waals surface area contributed by atoms with Gasteiger partial charge in [-0.25, -0.2) is 4.79 Å². The van der Waals surface area contributed by atoms with Crippen molar-refractivity contribution in [3.63, 3.8) is 0 Å². The van der Waals surface area contributed by atoms with Gasteiger partial charge in [0.05, 0.1) is 15.6 Å². The Hall–Kier alpha value is 0.0900. The van der Waals surface area contributed by atoms with E-state index in [1.165, 1.54) is 27.3 Å². The average Bonchev–Trinajstić information content (AvgIpc) is 2.86. The molecule has 0 aromatic heterocycles. The van der Waals surface area contributed by atoms with Crippen LogP contribution in [0.4, 0.5) is 0 Å². The molecule has 0 aliphatic carbocycles. The Morgan fingerprint density at radius 1 is 1.21 bits per heavy atom. The summed E-state index contributed by atoms with van der Waals surface area (Å²) in [5, 5.41) is 5.94. The van der Waals surface area contributed by atoms with Gasteiger partial charge in [-0.15, -0.1) is 0 Å². The first-order chi connectivity index (χ1) is 6.81. The zero-order valence-corrected chi connectivity index (χ0v) is 10.4. The second-order valence-corrected chi connectivity index (χ2v) is 6.56. The minimum absolute atomic E-state index is 0.251. The molecule has 2 heterocycles. The van der Waals surface area contributed by atoms with Crippen molar-refractivity contribution in [3.8, 4) is 0 Å². The Bertz CT molecular complexity index is 346. The lowest BCUT2D eigenvalue weighted by molar-refractivity contribution is -0.135. The molecule has 6 heteroatoms. The molecule has 0 radical (unpaired) electrons. The van der Waals surface area contributed by atoms with Crippen LogP contribution in [0, 0.1) is 0 Å². The molecule has 2 aliphatic heterocycles. The van der Waals surface area contributed by atoms with Crippen LogP contribution in [0.1, 0.15) is 0 Å². The van der Waals surface area contributed by atoms with E-state index in [2.05, 4.69) is 4.74 Å². The molecule has 0 amide bonds. The number of methoxy groups -OCH3 is 1. The van der Waals surface area contributed by atoms with Crippen molar-refractivity contribution in [2.24, 2.45) is 0 Å². The van der Waals surface area contributed by atoms with Gasteiger partial charge in [-0.3, -0.25) is 0 Å². The summed E-state index contributed by atoms with van der Waals surface area (Å²) in [5.41, 5.74) is 0. The van der Waals surface area contributed by atoms with Crippen LogP contribution in [0.5, 0.6) is 0 Å². The van der Waals surface area contributed by atoms with Crippen molar-refractivity contribution in [1.29, 1.82) is 0 Å². The van der Waals surface area contributed by atoms with Gasteiger partial charge in [0.1, 0.15) is 4.91 Å². The molecule has 0 spiro atoms. The van der Waals surface area contributed by atoms with Crippen LogP contribution in [0.25, 0.3) is 0 Å². The number of hydrogen-bond donors (Lipinski definition) is 0. The Balaban J connectivity index is 2.05. The summed E-state index contributed by atoms with van der Waals surface area (Å²) in [6.07, 6.45) is 0. The fourth-order valence-corrected chi connectivity index (χ4v) is 5.19. The van der Waals surface area contributed by atoms with Crippen molar-refractivity contribution >= 4 is 53.0 Å². The number of carbonyl (C=O) groups is 1. The normalized spacial score (nSPS) is 20.2. The first-order valence-corrected chi connectivity index (χ1v) is 7.12. The lowest BCUT2D eigenvalue weighted by Gasteiger charge is -2.00. The third-order valence-corrected chi connectivity index (χ3v) is 6.44. The molecule has 0 fully saturated rings. The zero-order valence-electron chi connectivity index (χ0n) is 7.18. The van der Waals surface area contributed by atoms with Gasteiger partial charge in [0.2, 0.25) is 0 Å². The molecule has 0 atom stereocenters. The molecule has 0 bridgehead atoms. The molecule has 74 valence electrons. The van der Waals surface area contributed by atoms with E-state index in [9.17, 15) is 4.79 Å². The highest BCUT2D eigenvalue weighted by atomic mass is 32.2. The Morgan fingerprint density at radius 3 is 2.57 bits per heavy atom. The molecule has 0 aromatic carbocycles. The summed E-state index contributed by atoms with van der Waals surface area (Å²) in [6, 6.07) is 0. The number of thioether (sulfide) groups is 4. The summed E-state index contributed by atoms with van der Waals surface area (Å²) in [5.74, 6) is -0.251. The monoisotopic (exact) mass is 262 g/mol. The molecule has 0 saturated carbocycles. The predicted molar refractivity (Wildman–Crippen MR) is 66.6 cm³/mol. The van der Waals surface area contributed by atoms with Crippen molar-refractivity contribution in [3.05, 3.63) is 29.6 Å². The Morgan fingerprint density at radius 2 is 1.93 bits per heavy atom. The topological polar surface area (TPSA) is 26.3 Å². The van der Waals surface area contributed by atoms with Gasteiger partial charge in [-0.05, 0) is 16.2 Å². The molecular formula is C8H6O2S4. The first kappa shape index (κ1) is 10.6. The van der Waals surface area contributed by atoms with Gasteiger partial charge in [0, 0.05) is 0 Å². The van der Waals surface area contributed by atoms with Crippen LogP contribution < -0.4 is 0 Å². The average molecular weight is 262 g/mol. The maximum Gasteiger partial charge on any atom is 0.345 e. The highest BCUT2D eigenvalue weighted by Gasteiger charge is 2.23. The number of rotatable bonds is 1. The van der Waals surface area contributed by atoms with E-state index in [0.717, 1.165) is 0 Å². The number of ether oxygens (including phenoxy) is 1. The highest BCUT2D eigenvalue weighted by molar-refractivity contribution is 8.33. The second-order valence-electron chi connectivity index (χ2n) is 2.28. The number of esters is 1. The van der Waals surface area contributed by atoms with Crippen LogP contribution >= 0.6 is 47.0 Å². The summed E-state index contributed by atoms with van der Waals surface area (Å²) in [4.78, 5) is 11.9. The molecule has 2 nitrogen and oxygen atoms in total. The standard InChI is InChI=1S/C8H6O2S4/c1-10-6(9)5-4-13-8(14-5)7-11-2-3-12-7/h2-4H,1H3. The summed E-state index contributed by atoms with van der Waals surface area (Å²) >= 11 is 6.47. The lowest BCUT2D eigenvalue weighted by Crippen LogP contribution is -1.99. The van der Waals surface area contributed by atoms with Crippen molar-refractivity contribution in [1.82, 2.24) is 0 Å². The van der Waals surface area contributed by atoms with E-state index in [4.69, 9.17) is 0 Å². The highest BCUT2D eigenvalue weighted by Crippen LogP contribution is 2.53. The van der Waals surface area contributed by atoms with Gasteiger partial charge >= 0.3 is 5.97 Å². The van der Waals surface area contributed by atoms with Crippen LogP contribution in [-0.4, -0.2) is 13.1 Å². The number of carbonyl (C=O) groups excluding carboxylic acids is 1. The largest absolute Gasteiger partial charge is 0.465 e. The lowest BCUT2D eigenvalue weighted by atomic mass is 10.6. The van der Waals surface area contributed by atoms with E-state index in [1.54, 1.807) is 35.3 Å². The SMILES string of the molecule is COC(=O)C1=CSC(=C2SC=CS2)S1. The van der Waals surface area contributed by atoms with E-state index in [0.29, 0.717) is 4.91 Å². The van der Waals surface area contributed by atoms with Crippen LogP contribution in [-0.2, 0) is 9.53 Å². The van der Waals surface area contributed by atoms with Crippen LogP contribution in [0.2, 0.25) is 0 Å². The predicted octanol–water partition coefficient (Wildman–Crippen LogP) is 3.56. The Kier molecular flexibility index (Phi) is 3.59. The third kappa shape index (κ3) is 2.18. The second kappa shape index (κ2) is 4.74. The van der Waals surface area contributed by atoms with Gasteiger partial charge < -0.3 is 4.74 Å². The number of hydrogen-bond acceptors (Lipinski definition) is 6. The van der Waals surface area contributed by atoms with Gasteiger partial charge in [0.25, 0.3) is 0 Å². The first-order valence-electron chi connectivity index (χ1n) is 3.67. The quantitative estimate of drug-likeness (QED) is 0.670. The van der Waals surface area contributed by atoms with Gasteiger partial charge in [-0.2, -0.15) is 0 Å². The molecule has 2 rings (SSSR count). The maximum atomic E-state index is 11.2. The summed E-state index contributed by atoms with van der Waals surface area (Å²) in [7, 11) is 1.40. The maximum absolute atomic E-state index is 11.2. The van der Waals surface area contributed by atoms with E-state index in [1.807, 2.05) is 16.2 Å². The zero-order chi connectivity index (χ0) is 9.97. The fourth-order valence-electron chi connectivity index (χ4n) is 0.838. The molecule has 0 N–H and O–H groups in total. The summed E-state index contributed by atoms with van der Waals surface area (Å²) < 4.78 is 7.07. The molecule has 0 unspecified atom stereocenters. The molecule has 14 heavy (non-hydrogen) atoms. The molecule has 0 aromatic rings. The fraction of sp³-hybridized carbons (Fsp3) is 0.125. The van der Waals surface area contributed by atoms with E-state index in [-0.39, 0.29) is 5.97 Å². The molecular weight excluding hydrogens is 256 g/mol. The van der Waals surface area contributed by atoms with Crippen molar-refractivity contribution in [2.75, 3.05) is 7.11 Å². The van der Waals surface area contributed by atoms with Crippen LogP contribution in [0.15, 0.2) is 29.6 Å². The van der Waals surface area contributed by atoms with Crippen molar-refractivity contribution in [2.45, 2.75) is 0 Å².